The molecule has 2 aromatic carbocycles. The Balaban J connectivity index is 1.38. The quantitative estimate of drug-likeness (QED) is 0.728. The van der Waals surface area contributed by atoms with E-state index in [1.165, 1.54) is 23.5 Å². The van der Waals surface area contributed by atoms with Crippen LogP contribution >= 0.6 is 11.3 Å². The molecule has 0 aliphatic carbocycles. The minimum absolute atomic E-state index is 0.0285. The maximum atomic E-state index is 13.4. The molecule has 140 valence electrons. The number of rotatable bonds is 4. The number of anilines is 2. The first-order chi connectivity index (χ1) is 13.1. The number of ether oxygens (including phenoxy) is 1. The summed E-state index contributed by atoms with van der Waals surface area (Å²) in [6, 6.07) is 12.0. The largest absolute Gasteiger partial charge is 0.497 e. The average molecular weight is 385 g/mol. The van der Waals surface area contributed by atoms with Gasteiger partial charge in [0.2, 0.25) is 5.91 Å². The lowest BCUT2D eigenvalue weighted by molar-refractivity contribution is -0.120. The molecule has 4 rings (SSSR count). The zero-order chi connectivity index (χ0) is 18.8. The zero-order valence-electron chi connectivity index (χ0n) is 14.9. The number of aromatic nitrogens is 1. The van der Waals surface area contributed by atoms with E-state index in [4.69, 9.17) is 4.74 Å². The molecule has 0 spiro atoms. The molecule has 1 aliphatic rings. The van der Waals surface area contributed by atoms with E-state index in [1.54, 1.807) is 13.2 Å². The molecule has 0 atom stereocenters. The summed E-state index contributed by atoms with van der Waals surface area (Å²) in [7, 11) is 1.60. The molecule has 1 saturated heterocycles. The van der Waals surface area contributed by atoms with Gasteiger partial charge in [0, 0.05) is 30.8 Å². The molecule has 0 radical (unpaired) electrons. The van der Waals surface area contributed by atoms with Crippen molar-refractivity contribution in [2.75, 3.05) is 30.4 Å². The van der Waals surface area contributed by atoms with Crippen molar-refractivity contribution < 1.29 is 13.9 Å². The van der Waals surface area contributed by atoms with Gasteiger partial charge in [0.25, 0.3) is 0 Å². The van der Waals surface area contributed by atoms with Crippen LogP contribution in [-0.4, -0.2) is 31.1 Å². The molecule has 0 unspecified atom stereocenters. The minimum atomic E-state index is -0.245. The first-order valence-electron chi connectivity index (χ1n) is 8.88. The van der Waals surface area contributed by atoms with Crippen molar-refractivity contribution in [2.24, 2.45) is 5.92 Å². The van der Waals surface area contributed by atoms with Crippen LogP contribution < -0.4 is 15.0 Å². The third kappa shape index (κ3) is 3.88. The highest BCUT2D eigenvalue weighted by Crippen LogP contribution is 2.32. The number of hydrogen-bond acceptors (Lipinski definition) is 5. The molecule has 3 aromatic rings. The number of fused-ring (bicyclic) bond motifs is 1. The van der Waals surface area contributed by atoms with Gasteiger partial charge in [0.15, 0.2) is 5.13 Å². The summed E-state index contributed by atoms with van der Waals surface area (Å²) in [5.41, 5.74) is 1.56. The van der Waals surface area contributed by atoms with Crippen molar-refractivity contribution in [3.8, 4) is 5.75 Å². The van der Waals surface area contributed by atoms with Crippen LogP contribution in [-0.2, 0) is 4.79 Å². The highest BCUT2D eigenvalue weighted by molar-refractivity contribution is 7.22. The number of thiazole rings is 1. The maximum absolute atomic E-state index is 13.4. The Morgan fingerprint density at radius 3 is 2.85 bits per heavy atom. The summed E-state index contributed by atoms with van der Waals surface area (Å²) >= 11 is 1.49. The lowest BCUT2D eigenvalue weighted by Gasteiger charge is -2.31. The fourth-order valence-electron chi connectivity index (χ4n) is 3.30. The van der Waals surface area contributed by atoms with Crippen molar-refractivity contribution in [3.63, 3.8) is 0 Å². The van der Waals surface area contributed by atoms with Crippen LogP contribution in [0.25, 0.3) is 10.2 Å². The van der Waals surface area contributed by atoms with Crippen molar-refractivity contribution in [1.29, 1.82) is 0 Å². The Hall–Kier alpha value is -2.67. The maximum Gasteiger partial charge on any atom is 0.227 e. The molecule has 1 aliphatic heterocycles. The number of amides is 1. The summed E-state index contributed by atoms with van der Waals surface area (Å²) in [5.74, 6) is 0.481. The number of nitrogens with one attached hydrogen (secondary N) is 1. The van der Waals surface area contributed by atoms with Gasteiger partial charge in [0.05, 0.1) is 17.3 Å². The molecule has 7 heteroatoms. The van der Waals surface area contributed by atoms with Crippen molar-refractivity contribution in [1.82, 2.24) is 4.98 Å². The van der Waals surface area contributed by atoms with E-state index in [-0.39, 0.29) is 17.6 Å². The van der Waals surface area contributed by atoms with Gasteiger partial charge in [-0.15, -0.1) is 0 Å². The third-order valence-electron chi connectivity index (χ3n) is 4.81. The normalized spacial score (nSPS) is 15.1. The van der Waals surface area contributed by atoms with Crippen LogP contribution in [0.15, 0.2) is 42.5 Å². The van der Waals surface area contributed by atoms with Crippen molar-refractivity contribution in [2.45, 2.75) is 12.8 Å². The fourth-order valence-corrected chi connectivity index (χ4v) is 4.34. The van der Waals surface area contributed by atoms with Crippen molar-refractivity contribution in [3.05, 3.63) is 48.3 Å². The first kappa shape index (κ1) is 17.7. The summed E-state index contributed by atoms with van der Waals surface area (Å²) < 4.78 is 19.4. The summed E-state index contributed by atoms with van der Waals surface area (Å²) in [4.78, 5) is 19.3. The number of hydrogen-bond donors (Lipinski definition) is 1. The van der Waals surface area contributed by atoms with Gasteiger partial charge < -0.3 is 15.0 Å². The molecule has 1 amide bonds. The molecule has 2 heterocycles. The van der Waals surface area contributed by atoms with Gasteiger partial charge in [-0.2, -0.15) is 0 Å². The molecule has 0 saturated carbocycles. The number of methoxy groups -OCH3 is 1. The summed E-state index contributed by atoms with van der Waals surface area (Å²) in [6.07, 6.45) is 1.53. The highest BCUT2D eigenvalue weighted by Gasteiger charge is 2.26. The second kappa shape index (κ2) is 7.52. The van der Waals surface area contributed by atoms with E-state index in [0.29, 0.717) is 0 Å². The predicted octanol–water partition coefficient (Wildman–Crippen LogP) is 4.30. The van der Waals surface area contributed by atoms with Gasteiger partial charge >= 0.3 is 0 Å². The van der Waals surface area contributed by atoms with Crippen molar-refractivity contribution >= 4 is 38.3 Å². The van der Waals surface area contributed by atoms with E-state index in [0.717, 1.165) is 52.7 Å². The Morgan fingerprint density at radius 1 is 1.26 bits per heavy atom. The Kier molecular flexibility index (Phi) is 4.94. The number of carbonyl (C=O) groups excluding carboxylic acids is 1. The zero-order valence-corrected chi connectivity index (χ0v) is 15.8. The van der Waals surface area contributed by atoms with Gasteiger partial charge in [-0.05, 0) is 43.2 Å². The number of carbonyl (C=O) groups is 1. The number of benzene rings is 2. The van der Waals surface area contributed by atoms with Crippen LogP contribution in [0.2, 0.25) is 0 Å². The molecule has 27 heavy (non-hydrogen) atoms. The van der Waals surface area contributed by atoms with Gasteiger partial charge in [-0.1, -0.05) is 17.4 Å². The number of nitrogens with zero attached hydrogens (tertiary/aromatic N) is 2. The number of halogens is 1. The van der Waals surface area contributed by atoms with Gasteiger partial charge in [-0.25, -0.2) is 9.37 Å². The van der Waals surface area contributed by atoms with Gasteiger partial charge in [0.1, 0.15) is 11.6 Å². The average Bonchev–Trinajstić information content (AvgIpc) is 3.11. The summed E-state index contributed by atoms with van der Waals surface area (Å²) in [6.45, 7) is 1.52. The van der Waals surface area contributed by atoms with Crippen LogP contribution in [0, 0.1) is 11.7 Å². The lowest BCUT2D eigenvalue weighted by Crippen LogP contribution is -2.38. The van der Waals surface area contributed by atoms with Crippen LogP contribution in [0.4, 0.5) is 15.2 Å². The Labute approximate surface area is 160 Å². The lowest BCUT2D eigenvalue weighted by atomic mass is 9.96. The molecule has 1 aromatic heterocycles. The minimum Gasteiger partial charge on any atom is -0.497 e. The van der Waals surface area contributed by atoms with E-state index in [2.05, 4.69) is 15.2 Å². The second-order valence-electron chi connectivity index (χ2n) is 6.59. The van der Waals surface area contributed by atoms with Crippen LogP contribution in [0.5, 0.6) is 5.75 Å². The van der Waals surface area contributed by atoms with E-state index < -0.39 is 0 Å². The van der Waals surface area contributed by atoms with Crippen LogP contribution in [0.3, 0.4) is 0 Å². The molecule has 1 fully saturated rings. The Bertz CT molecular complexity index is 967. The second-order valence-corrected chi connectivity index (χ2v) is 7.60. The Morgan fingerprint density at radius 2 is 2.07 bits per heavy atom. The third-order valence-corrected chi connectivity index (χ3v) is 5.89. The number of piperidine rings is 1. The predicted molar refractivity (Wildman–Crippen MR) is 106 cm³/mol. The first-order valence-corrected chi connectivity index (χ1v) is 9.70. The highest BCUT2D eigenvalue weighted by atomic mass is 32.1. The molecular weight excluding hydrogens is 365 g/mol. The fraction of sp³-hybridized carbons (Fsp3) is 0.300. The van der Waals surface area contributed by atoms with Crippen LogP contribution in [0.1, 0.15) is 12.8 Å². The molecule has 5 nitrogen and oxygen atoms in total. The SMILES string of the molecule is COc1cccc(NC(=O)C2CCN(c3nc4ccc(F)cc4s3)CC2)c1. The summed E-state index contributed by atoms with van der Waals surface area (Å²) in [5, 5.41) is 3.87. The van der Waals surface area contributed by atoms with Gasteiger partial charge in [-0.3, -0.25) is 4.79 Å². The van der Waals surface area contributed by atoms with E-state index in [1.807, 2.05) is 24.3 Å². The van der Waals surface area contributed by atoms with E-state index >= 15 is 0 Å². The smallest absolute Gasteiger partial charge is 0.227 e. The topological polar surface area (TPSA) is 54.5 Å². The standard InChI is InChI=1S/C20H20FN3O2S/c1-26-16-4-2-3-15(12-16)22-19(25)13-7-9-24(10-8-13)20-23-17-6-5-14(21)11-18(17)27-20/h2-6,11-13H,7-10H2,1H3,(H,22,25). The molecule has 0 bridgehead atoms. The monoisotopic (exact) mass is 385 g/mol. The molecular formula is C20H20FN3O2S. The van der Waals surface area contributed by atoms with E-state index in [9.17, 15) is 9.18 Å². The molecule has 1 N–H and O–H groups in total.